The first kappa shape index (κ1) is 16.1. The highest BCUT2D eigenvalue weighted by atomic mass is 79.9. The normalized spacial score (nSPS) is 10.5. The van der Waals surface area contributed by atoms with Crippen molar-refractivity contribution in [3.05, 3.63) is 57.6 Å². The van der Waals surface area contributed by atoms with Crippen LogP contribution < -0.4 is 4.74 Å². The van der Waals surface area contributed by atoms with Crippen molar-refractivity contribution in [2.75, 3.05) is 12.9 Å². The van der Waals surface area contributed by atoms with Gasteiger partial charge in [-0.05, 0) is 55.3 Å². The van der Waals surface area contributed by atoms with Crippen molar-refractivity contribution < 1.29 is 9.53 Å². The first-order chi connectivity index (χ1) is 10.0. The van der Waals surface area contributed by atoms with E-state index in [-0.39, 0.29) is 5.78 Å². The van der Waals surface area contributed by atoms with E-state index in [4.69, 9.17) is 4.74 Å². The molecule has 0 radical (unpaired) electrons. The van der Waals surface area contributed by atoms with Gasteiger partial charge in [0.15, 0.2) is 5.78 Å². The molecule has 2 aromatic rings. The second-order valence-corrected chi connectivity index (χ2v) is 6.79. The molecule has 2 rings (SSSR count). The van der Waals surface area contributed by atoms with Gasteiger partial charge in [0.25, 0.3) is 0 Å². The van der Waals surface area contributed by atoms with Crippen molar-refractivity contribution in [1.82, 2.24) is 0 Å². The number of benzene rings is 2. The number of hydrogen-bond acceptors (Lipinski definition) is 3. The molecule has 0 aromatic heterocycles. The molecule has 0 bridgehead atoms. The summed E-state index contributed by atoms with van der Waals surface area (Å²) in [6.07, 6.45) is 0. The fraction of sp³-hybridized carbons (Fsp3) is 0.235. The van der Waals surface area contributed by atoms with Crippen molar-refractivity contribution in [1.29, 1.82) is 0 Å². The number of carbonyl (C=O) groups is 1. The molecule has 4 heteroatoms. The van der Waals surface area contributed by atoms with Crippen molar-refractivity contribution in [2.45, 2.75) is 18.7 Å². The van der Waals surface area contributed by atoms with Gasteiger partial charge < -0.3 is 4.74 Å². The Labute approximate surface area is 138 Å². The molecule has 0 heterocycles. The molecular formula is C17H17BrO2S. The Bertz CT molecular complexity index is 651. The van der Waals surface area contributed by atoms with Crippen molar-refractivity contribution in [2.24, 2.45) is 0 Å². The number of methoxy groups -OCH3 is 1. The minimum Gasteiger partial charge on any atom is -0.496 e. The van der Waals surface area contributed by atoms with E-state index in [1.165, 1.54) is 11.8 Å². The number of aryl methyl sites for hydroxylation is 2. The smallest absolute Gasteiger partial charge is 0.177 e. The van der Waals surface area contributed by atoms with Crippen LogP contribution in [0.1, 0.15) is 21.5 Å². The van der Waals surface area contributed by atoms with E-state index in [1.807, 2.05) is 50.2 Å². The zero-order chi connectivity index (χ0) is 15.4. The molecule has 110 valence electrons. The highest BCUT2D eigenvalue weighted by Crippen LogP contribution is 2.28. The van der Waals surface area contributed by atoms with Gasteiger partial charge in [0, 0.05) is 9.37 Å². The zero-order valence-corrected chi connectivity index (χ0v) is 14.7. The molecule has 0 aliphatic rings. The summed E-state index contributed by atoms with van der Waals surface area (Å²) in [6, 6.07) is 11.9. The summed E-state index contributed by atoms with van der Waals surface area (Å²) in [4.78, 5) is 13.6. The van der Waals surface area contributed by atoms with E-state index >= 15 is 0 Å². The summed E-state index contributed by atoms with van der Waals surface area (Å²) < 4.78 is 6.40. The molecule has 0 N–H and O–H groups in total. The van der Waals surface area contributed by atoms with Crippen molar-refractivity contribution in [3.63, 3.8) is 0 Å². The Hall–Kier alpha value is -1.26. The van der Waals surface area contributed by atoms with E-state index in [2.05, 4.69) is 15.9 Å². The molecule has 0 atom stereocenters. The molecule has 0 saturated heterocycles. The standard InChI is InChI=1S/C17H17BrO2S/c1-11-8-12(2)17(16(9-11)20-3)15(19)10-21-14-6-4-13(18)5-7-14/h4-9H,10H2,1-3H3. The van der Waals surface area contributed by atoms with Gasteiger partial charge in [-0.1, -0.05) is 22.0 Å². The predicted octanol–water partition coefficient (Wildman–Crippen LogP) is 5.05. The minimum atomic E-state index is 0.0947. The topological polar surface area (TPSA) is 26.3 Å². The van der Waals surface area contributed by atoms with Gasteiger partial charge >= 0.3 is 0 Å². The van der Waals surface area contributed by atoms with Crippen LogP contribution in [0.2, 0.25) is 0 Å². The summed E-state index contributed by atoms with van der Waals surface area (Å²) in [5, 5.41) is 0. The third kappa shape index (κ3) is 4.11. The Kier molecular flexibility index (Phi) is 5.48. The quantitative estimate of drug-likeness (QED) is 0.548. The first-order valence-corrected chi connectivity index (χ1v) is 8.36. The van der Waals surface area contributed by atoms with E-state index < -0.39 is 0 Å². The lowest BCUT2D eigenvalue weighted by Crippen LogP contribution is -2.08. The van der Waals surface area contributed by atoms with Crippen LogP contribution in [0.25, 0.3) is 0 Å². The molecule has 2 nitrogen and oxygen atoms in total. The maximum atomic E-state index is 12.5. The van der Waals surface area contributed by atoms with Gasteiger partial charge in [0.05, 0.1) is 18.4 Å². The first-order valence-electron chi connectivity index (χ1n) is 6.58. The molecule has 0 saturated carbocycles. The number of rotatable bonds is 5. The van der Waals surface area contributed by atoms with Crippen molar-refractivity contribution in [3.8, 4) is 5.75 Å². The molecule has 0 aliphatic heterocycles. The highest BCUT2D eigenvalue weighted by Gasteiger charge is 2.16. The number of carbonyl (C=O) groups excluding carboxylic acids is 1. The predicted molar refractivity (Wildman–Crippen MR) is 91.7 cm³/mol. The highest BCUT2D eigenvalue weighted by molar-refractivity contribution is 9.10. The Balaban J connectivity index is 2.15. The zero-order valence-electron chi connectivity index (χ0n) is 12.3. The number of thioether (sulfide) groups is 1. The lowest BCUT2D eigenvalue weighted by atomic mass is 10.0. The molecule has 0 unspecified atom stereocenters. The molecule has 0 aliphatic carbocycles. The fourth-order valence-electron chi connectivity index (χ4n) is 2.20. The van der Waals surface area contributed by atoms with Gasteiger partial charge in [-0.15, -0.1) is 11.8 Å². The third-order valence-electron chi connectivity index (χ3n) is 3.13. The van der Waals surface area contributed by atoms with Crippen LogP contribution in [0.5, 0.6) is 5.75 Å². The fourth-order valence-corrected chi connectivity index (χ4v) is 3.23. The van der Waals surface area contributed by atoms with E-state index in [1.54, 1.807) is 7.11 Å². The number of hydrogen-bond donors (Lipinski definition) is 0. The lowest BCUT2D eigenvalue weighted by Gasteiger charge is -2.12. The Morgan fingerprint density at radius 3 is 2.48 bits per heavy atom. The molecular weight excluding hydrogens is 348 g/mol. The number of halogens is 1. The Morgan fingerprint density at radius 2 is 1.86 bits per heavy atom. The summed E-state index contributed by atoms with van der Waals surface area (Å²) in [7, 11) is 1.60. The average Bonchev–Trinajstić information content (AvgIpc) is 2.45. The van der Waals surface area contributed by atoms with Crippen molar-refractivity contribution >= 4 is 33.5 Å². The second-order valence-electron chi connectivity index (χ2n) is 4.82. The second kappa shape index (κ2) is 7.14. The number of Topliss-reactive ketones (excluding diaryl/α,β-unsaturated/α-hetero) is 1. The largest absolute Gasteiger partial charge is 0.496 e. The average molecular weight is 365 g/mol. The van der Waals surface area contributed by atoms with E-state index in [0.717, 1.165) is 20.5 Å². The van der Waals surface area contributed by atoms with Crippen LogP contribution in [0.3, 0.4) is 0 Å². The maximum absolute atomic E-state index is 12.5. The monoisotopic (exact) mass is 364 g/mol. The maximum Gasteiger partial charge on any atom is 0.177 e. The van der Waals surface area contributed by atoms with Crippen LogP contribution in [-0.2, 0) is 0 Å². The minimum absolute atomic E-state index is 0.0947. The van der Waals surface area contributed by atoms with Gasteiger partial charge in [0.2, 0.25) is 0 Å². The van der Waals surface area contributed by atoms with Gasteiger partial charge in [-0.2, -0.15) is 0 Å². The lowest BCUT2D eigenvalue weighted by molar-refractivity contribution is 0.101. The number of ether oxygens (including phenoxy) is 1. The van der Waals surface area contributed by atoms with E-state index in [0.29, 0.717) is 17.1 Å². The summed E-state index contributed by atoms with van der Waals surface area (Å²) >= 11 is 4.94. The molecule has 0 fully saturated rings. The van der Waals surface area contributed by atoms with Crippen LogP contribution >= 0.6 is 27.7 Å². The molecule has 2 aromatic carbocycles. The Morgan fingerprint density at radius 1 is 1.19 bits per heavy atom. The van der Waals surface area contributed by atoms with Gasteiger partial charge in [0.1, 0.15) is 5.75 Å². The van der Waals surface area contributed by atoms with Crippen LogP contribution in [0.4, 0.5) is 0 Å². The van der Waals surface area contributed by atoms with Crippen LogP contribution in [0.15, 0.2) is 45.8 Å². The molecule has 0 spiro atoms. The summed E-state index contributed by atoms with van der Waals surface area (Å²) in [5.74, 6) is 1.16. The SMILES string of the molecule is COc1cc(C)cc(C)c1C(=O)CSc1ccc(Br)cc1. The van der Waals surface area contributed by atoms with Crippen LogP contribution in [0, 0.1) is 13.8 Å². The van der Waals surface area contributed by atoms with Gasteiger partial charge in [-0.3, -0.25) is 4.79 Å². The third-order valence-corrected chi connectivity index (χ3v) is 4.67. The summed E-state index contributed by atoms with van der Waals surface area (Å²) in [6.45, 7) is 3.95. The van der Waals surface area contributed by atoms with E-state index in [9.17, 15) is 4.79 Å². The number of ketones is 1. The molecule has 21 heavy (non-hydrogen) atoms. The summed E-state index contributed by atoms with van der Waals surface area (Å²) in [5.41, 5.74) is 2.75. The molecule has 0 amide bonds. The van der Waals surface area contributed by atoms with Crippen LogP contribution in [-0.4, -0.2) is 18.6 Å². The van der Waals surface area contributed by atoms with Gasteiger partial charge in [-0.25, -0.2) is 0 Å².